The van der Waals surface area contributed by atoms with Crippen LogP contribution >= 0.6 is 23.2 Å². The summed E-state index contributed by atoms with van der Waals surface area (Å²) < 4.78 is 4.95. The van der Waals surface area contributed by atoms with Crippen LogP contribution in [-0.2, 0) is 11.3 Å². The largest absolute Gasteiger partial charge is 0.445 e. The van der Waals surface area contributed by atoms with Gasteiger partial charge in [-0.3, -0.25) is 0 Å². The first kappa shape index (κ1) is 13.1. The average Bonchev–Trinajstić information content (AvgIpc) is 2.22. The number of alkyl carbamates (subject to hydrolysis) is 1. The normalized spacial score (nSPS) is 9.94. The second-order valence-electron chi connectivity index (χ2n) is 3.12. The van der Waals surface area contributed by atoms with Crippen molar-refractivity contribution in [2.24, 2.45) is 0 Å². The summed E-state index contributed by atoms with van der Waals surface area (Å²) in [6, 6.07) is 3.20. The van der Waals surface area contributed by atoms with Crippen LogP contribution in [0, 0.1) is 0 Å². The van der Waals surface area contributed by atoms with Gasteiger partial charge in [0.2, 0.25) is 0 Å². The molecule has 0 aromatic carbocycles. The molecule has 0 spiro atoms. The van der Waals surface area contributed by atoms with Crippen molar-refractivity contribution in [2.45, 2.75) is 20.0 Å². The number of hydrogen-bond donors (Lipinski definition) is 1. The van der Waals surface area contributed by atoms with E-state index in [1.807, 2.05) is 6.92 Å². The zero-order valence-corrected chi connectivity index (χ0v) is 10.3. The van der Waals surface area contributed by atoms with Crippen LogP contribution in [0.4, 0.5) is 4.79 Å². The molecule has 1 heterocycles. The molecule has 1 aromatic rings. The highest BCUT2D eigenvalue weighted by molar-refractivity contribution is 6.32. The molecule has 0 bridgehead atoms. The average molecular weight is 263 g/mol. The van der Waals surface area contributed by atoms with E-state index in [1.54, 1.807) is 12.1 Å². The van der Waals surface area contributed by atoms with E-state index in [0.717, 1.165) is 6.42 Å². The summed E-state index contributed by atoms with van der Waals surface area (Å²) in [6.45, 7) is 2.68. The van der Waals surface area contributed by atoms with E-state index in [0.29, 0.717) is 12.1 Å². The van der Waals surface area contributed by atoms with E-state index < -0.39 is 6.09 Å². The fourth-order valence-corrected chi connectivity index (χ4v) is 1.53. The summed E-state index contributed by atoms with van der Waals surface area (Å²) >= 11 is 11.4. The minimum Gasteiger partial charge on any atom is -0.445 e. The van der Waals surface area contributed by atoms with E-state index in [2.05, 4.69) is 10.3 Å². The molecule has 0 fully saturated rings. The van der Waals surface area contributed by atoms with Crippen molar-refractivity contribution < 1.29 is 9.53 Å². The summed E-state index contributed by atoms with van der Waals surface area (Å²) in [7, 11) is 0. The highest BCUT2D eigenvalue weighted by Crippen LogP contribution is 2.15. The van der Waals surface area contributed by atoms with Crippen molar-refractivity contribution in [3.05, 3.63) is 28.0 Å². The number of carbonyl (C=O) groups excluding carboxylic acids is 1. The van der Waals surface area contributed by atoms with Crippen LogP contribution in [0.25, 0.3) is 0 Å². The van der Waals surface area contributed by atoms with Crippen LogP contribution in [0.3, 0.4) is 0 Å². The Kier molecular flexibility index (Phi) is 5.35. The maximum atomic E-state index is 11.1. The predicted octanol–water partition coefficient (Wildman–Crippen LogP) is 3.02. The van der Waals surface area contributed by atoms with Crippen LogP contribution in [0.15, 0.2) is 12.1 Å². The molecule has 4 nitrogen and oxygen atoms in total. The van der Waals surface area contributed by atoms with Gasteiger partial charge in [0.25, 0.3) is 0 Å². The number of amides is 1. The third kappa shape index (κ3) is 4.68. The molecule has 0 unspecified atom stereocenters. The van der Waals surface area contributed by atoms with Crippen molar-refractivity contribution in [3.8, 4) is 0 Å². The highest BCUT2D eigenvalue weighted by atomic mass is 35.5. The zero-order chi connectivity index (χ0) is 12.0. The Morgan fingerprint density at radius 1 is 1.44 bits per heavy atom. The summed E-state index contributed by atoms with van der Waals surface area (Å²) in [5, 5.41) is 3.14. The second-order valence-corrected chi connectivity index (χ2v) is 3.90. The molecule has 0 aliphatic carbocycles. The lowest BCUT2D eigenvalue weighted by atomic mass is 10.3. The van der Waals surface area contributed by atoms with E-state index in [4.69, 9.17) is 27.9 Å². The third-order valence-corrected chi connectivity index (χ3v) is 2.10. The lowest BCUT2D eigenvalue weighted by molar-refractivity contribution is 0.139. The highest BCUT2D eigenvalue weighted by Gasteiger charge is 2.03. The van der Waals surface area contributed by atoms with Crippen molar-refractivity contribution in [1.82, 2.24) is 10.3 Å². The molecule has 0 radical (unpaired) electrons. The van der Waals surface area contributed by atoms with E-state index in [1.165, 1.54) is 0 Å². The number of carbonyl (C=O) groups is 1. The van der Waals surface area contributed by atoms with Gasteiger partial charge < -0.3 is 10.1 Å². The molecule has 0 saturated heterocycles. The van der Waals surface area contributed by atoms with Crippen LogP contribution in [0.5, 0.6) is 0 Å². The maximum absolute atomic E-state index is 11.1. The van der Waals surface area contributed by atoms with E-state index >= 15 is 0 Å². The van der Waals surface area contributed by atoms with Gasteiger partial charge in [-0.1, -0.05) is 30.1 Å². The van der Waals surface area contributed by atoms with Gasteiger partial charge in [-0.25, -0.2) is 9.78 Å². The topological polar surface area (TPSA) is 51.2 Å². The maximum Gasteiger partial charge on any atom is 0.407 e. The van der Waals surface area contributed by atoms with Crippen molar-refractivity contribution in [3.63, 3.8) is 0 Å². The Hall–Kier alpha value is -1.00. The Labute approximate surface area is 104 Å². The summed E-state index contributed by atoms with van der Waals surface area (Å²) in [5.74, 6) is 0. The van der Waals surface area contributed by atoms with Gasteiger partial charge >= 0.3 is 6.09 Å². The van der Waals surface area contributed by atoms with Crippen LogP contribution in [-0.4, -0.2) is 17.6 Å². The van der Waals surface area contributed by atoms with Gasteiger partial charge in [-0.05, 0) is 24.1 Å². The third-order valence-electron chi connectivity index (χ3n) is 1.71. The fourth-order valence-electron chi connectivity index (χ4n) is 1.02. The minimum atomic E-state index is -0.453. The summed E-state index contributed by atoms with van der Waals surface area (Å²) in [5.41, 5.74) is 0.705. The number of aromatic nitrogens is 1. The molecule has 0 aliphatic rings. The molecule has 1 rings (SSSR count). The molecule has 1 amide bonds. The Balaban J connectivity index is 2.45. The van der Waals surface area contributed by atoms with Gasteiger partial charge in [-0.15, -0.1) is 0 Å². The molecule has 0 atom stereocenters. The van der Waals surface area contributed by atoms with Crippen LogP contribution in [0.2, 0.25) is 10.3 Å². The first-order valence-corrected chi connectivity index (χ1v) is 5.60. The quantitative estimate of drug-likeness (QED) is 0.849. The van der Waals surface area contributed by atoms with Gasteiger partial charge in [0, 0.05) is 6.54 Å². The van der Waals surface area contributed by atoms with Crippen molar-refractivity contribution >= 4 is 29.3 Å². The molecule has 1 N–H and O–H groups in total. The summed E-state index contributed by atoms with van der Waals surface area (Å²) in [4.78, 5) is 14.9. The molecule has 16 heavy (non-hydrogen) atoms. The smallest absolute Gasteiger partial charge is 0.407 e. The zero-order valence-electron chi connectivity index (χ0n) is 8.80. The molecule has 0 aliphatic heterocycles. The van der Waals surface area contributed by atoms with Crippen LogP contribution in [0.1, 0.15) is 18.9 Å². The lowest BCUT2D eigenvalue weighted by Gasteiger charge is -2.06. The molecular weight excluding hydrogens is 251 g/mol. The van der Waals surface area contributed by atoms with E-state index in [-0.39, 0.29) is 16.9 Å². The SMILES string of the molecule is CCCNC(=O)OCc1cc(Cl)nc(Cl)c1. The molecule has 0 saturated carbocycles. The number of rotatable bonds is 4. The Morgan fingerprint density at radius 3 is 2.62 bits per heavy atom. The number of hydrogen-bond acceptors (Lipinski definition) is 3. The van der Waals surface area contributed by atoms with E-state index in [9.17, 15) is 4.79 Å². The summed E-state index contributed by atoms with van der Waals surface area (Å²) in [6.07, 6.45) is 0.410. The lowest BCUT2D eigenvalue weighted by Crippen LogP contribution is -2.24. The monoisotopic (exact) mass is 262 g/mol. The molecule has 88 valence electrons. The van der Waals surface area contributed by atoms with Crippen molar-refractivity contribution in [1.29, 1.82) is 0 Å². The Bertz CT molecular complexity index is 352. The first-order valence-electron chi connectivity index (χ1n) is 4.84. The second kappa shape index (κ2) is 6.55. The minimum absolute atomic E-state index is 0.123. The predicted molar refractivity (Wildman–Crippen MR) is 62.7 cm³/mol. The fraction of sp³-hybridized carbons (Fsp3) is 0.400. The molecule has 6 heteroatoms. The standard InChI is InChI=1S/C10H12Cl2N2O2/c1-2-3-13-10(15)16-6-7-4-8(11)14-9(12)5-7/h4-5H,2-3,6H2,1H3,(H,13,15). The number of ether oxygens (including phenoxy) is 1. The van der Waals surface area contributed by atoms with Crippen LogP contribution < -0.4 is 5.32 Å². The number of nitrogens with one attached hydrogen (secondary N) is 1. The number of nitrogens with zero attached hydrogens (tertiary/aromatic N) is 1. The van der Waals surface area contributed by atoms with Gasteiger partial charge in [0.15, 0.2) is 0 Å². The van der Waals surface area contributed by atoms with Crippen molar-refractivity contribution in [2.75, 3.05) is 6.54 Å². The number of pyridine rings is 1. The Morgan fingerprint density at radius 2 is 2.06 bits per heavy atom. The van der Waals surface area contributed by atoms with Gasteiger partial charge in [-0.2, -0.15) is 0 Å². The van der Waals surface area contributed by atoms with Gasteiger partial charge in [0.1, 0.15) is 16.9 Å². The molecule has 1 aromatic heterocycles. The first-order chi connectivity index (χ1) is 7.61. The number of halogens is 2. The van der Waals surface area contributed by atoms with Gasteiger partial charge in [0.05, 0.1) is 0 Å². The molecular formula is C10H12Cl2N2O2.